The first-order valence-electron chi connectivity index (χ1n) is 8.28. The summed E-state index contributed by atoms with van der Waals surface area (Å²) in [5.41, 5.74) is 1.31. The quantitative estimate of drug-likeness (QED) is 0.842. The van der Waals surface area contributed by atoms with Gasteiger partial charge in [-0.15, -0.1) is 0 Å². The molecule has 0 radical (unpaired) electrons. The van der Waals surface area contributed by atoms with Gasteiger partial charge in [-0.2, -0.15) is 4.98 Å². The second-order valence-electron chi connectivity index (χ2n) is 6.50. The first-order chi connectivity index (χ1) is 11.3. The van der Waals surface area contributed by atoms with Gasteiger partial charge in [-0.05, 0) is 30.5 Å². The van der Waals surface area contributed by atoms with E-state index in [2.05, 4.69) is 32.1 Å². The van der Waals surface area contributed by atoms with Gasteiger partial charge in [-0.1, -0.05) is 28.9 Å². The molecule has 2 heterocycles. The molecule has 1 saturated carbocycles. The number of rotatable bonds is 5. The second-order valence-corrected chi connectivity index (χ2v) is 6.94. The number of nitrogens with zero attached hydrogens (tertiary/aromatic N) is 4. The van der Waals surface area contributed by atoms with Gasteiger partial charge in [0.15, 0.2) is 5.82 Å². The zero-order chi connectivity index (χ0) is 15.6. The van der Waals surface area contributed by atoms with Crippen molar-refractivity contribution in [2.45, 2.75) is 31.8 Å². The molecule has 6 heteroatoms. The molecule has 5 nitrogen and oxygen atoms in total. The van der Waals surface area contributed by atoms with Crippen molar-refractivity contribution < 1.29 is 4.52 Å². The van der Waals surface area contributed by atoms with Crippen molar-refractivity contribution in [3.05, 3.63) is 46.6 Å². The van der Waals surface area contributed by atoms with Gasteiger partial charge >= 0.3 is 0 Å². The Morgan fingerprint density at radius 1 is 1.00 bits per heavy atom. The Labute approximate surface area is 141 Å². The van der Waals surface area contributed by atoms with E-state index in [-0.39, 0.29) is 0 Å². The van der Waals surface area contributed by atoms with E-state index in [1.807, 2.05) is 12.1 Å². The lowest BCUT2D eigenvalue weighted by molar-refractivity contribution is 0.112. The monoisotopic (exact) mass is 332 g/mol. The van der Waals surface area contributed by atoms with E-state index >= 15 is 0 Å². The van der Waals surface area contributed by atoms with Gasteiger partial charge in [0.05, 0.1) is 6.54 Å². The number of benzene rings is 1. The smallest absolute Gasteiger partial charge is 0.240 e. The van der Waals surface area contributed by atoms with Gasteiger partial charge < -0.3 is 4.52 Å². The normalized spacial score (nSPS) is 20.0. The van der Waals surface area contributed by atoms with Crippen LogP contribution < -0.4 is 0 Å². The van der Waals surface area contributed by atoms with Crippen LogP contribution in [0, 0.1) is 0 Å². The maximum atomic E-state index is 5.94. The molecule has 1 aliphatic heterocycles. The van der Waals surface area contributed by atoms with Crippen LogP contribution >= 0.6 is 11.6 Å². The summed E-state index contributed by atoms with van der Waals surface area (Å²) in [5, 5.41) is 4.88. The molecule has 4 rings (SSSR count). The second kappa shape index (κ2) is 6.59. The van der Waals surface area contributed by atoms with Crippen LogP contribution in [0.15, 0.2) is 28.8 Å². The number of aromatic nitrogens is 2. The van der Waals surface area contributed by atoms with Crippen LogP contribution in [0.3, 0.4) is 0 Å². The highest BCUT2D eigenvalue weighted by Crippen LogP contribution is 2.38. The SMILES string of the molecule is Clc1ccc(CN2CCN(Cc3nc(C4CC4)no3)CC2)cc1. The summed E-state index contributed by atoms with van der Waals surface area (Å²) >= 11 is 5.94. The van der Waals surface area contributed by atoms with Gasteiger partial charge in [0, 0.05) is 43.7 Å². The molecule has 23 heavy (non-hydrogen) atoms. The molecule has 0 atom stereocenters. The van der Waals surface area contributed by atoms with Crippen molar-refractivity contribution in [1.29, 1.82) is 0 Å². The minimum Gasteiger partial charge on any atom is -0.338 e. The first-order valence-corrected chi connectivity index (χ1v) is 8.66. The summed E-state index contributed by atoms with van der Waals surface area (Å²) in [6.07, 6.45) is 2.42. The third-order valence-electron chi connectivity index (χ3n) is 4.57. The van der Waals surface area contributed by atoms with Crippen molar-refractivity contribution in [2.24, 2.45) is 0 Å². The Hall–Kier alpha value is -1.43. The van der Waals surface area contributed by atoms with Crippen LogP contribution in [0.1, 0.15) is 36.0 Å². The third kappa shape index (κ3) is 3.91. The van der Waals surface area contributed by atoms with E-state index in [0.29, 0.717) is 5.92 Å². The van der Waals surface area contributed by atoms with Crippen molar-refractivity contribution in [2.75, 3.05) is 26.2 Å². The van der Waals surface area contributed by atoms with Crippen LogP contribution in [0.4, 0.5) is 0 Å². The summed E-state index contributed by atoms with van der Waals surface area (Å²) in [6, 6.07) is 8.12. The third-order valence-corrected chi connectivity index (χ3v) is 4.82. The number of piperazine rings is 1. The maximum Gasteiger partial charge on any atom is 0.240 e. The van der Waals surface area contributed by atoms with Gasteiger partial charge in [0.1, 0.15) is 0 Å². The summed E-state index contributed by atoms with van der Waals surface area (Å²) in [6.45, 7) is 5.95. The number of hydrogen-bond donors (Lipinski definition) is 0. The van der Waals surface area contributed by atoms with Crippen LogP contribution in [-0.4, -0.2) is 46.1 Å². The lowest BCUT2D eigenvalue weighted by atomic mass is 10.2. The summed E-state index contributed by atoms with van der Waals surface area (Å²) in [7, 11) is 0. The van der Waals surface area contributed by atoms with E-state index < -0.39 is 0 Å². The Balaban J connectivity index is 1.26. The van der Waals surface area contributed by atoms with Gasteiger partial charge in [0.2, 0.25) is 5.89 Å². The van der Waals surface area contributed by atoms with Gasteiger partial charge in [-0.3, -0.25) is 9.80 Å². The fourth-order valence-corrected chi connectivity index (χ4v) is 3.11. The molecule has 2 aromatic rings. The van der Waals surface area contributed by atoms with Gasteiger partial charge in [0.25, 0.3) is 0 Å². The van der Waals surface area contributed by atoms with E-state index in [0.717, 1.165) is 56.0 Å². The molecule has 0 bridgehead atoms. The molecular formula is C17H21ClN4O. The minimum atomic E-state index is 0.559. The number of hydrogen-bond acceptors (Lipinski definition) is 5. The average molecular weight is 333 g/mol. The fourth-order valence-electron chi connectivity index (χ4n) is 2.98. The molecule has 0 amide bonds. The average Bonchev–Trinajstić information content (AvgIpc) is 3.32. The lowest BCUT2D eigenvalue weighted by Crippen LogP contribution is -2.45. The molecular weight excluding hydrogens is 312 g/mol. The molecule has 1 aromatic heterocycles. The molecule has 1 saturated heterocycles. The summed E-state index contributed by atoms with van der Waals surface area (Å²) in [4.78, 5) is 9.38. The van der Waals surface area contributed by atoms with Crippen LogP contribution in [0.5, 0.6) is 0 Å². The predicted molar refractivity (Wildman–Crippen MR) is 88.3 cm³/mol. The van der Waals surface area contributed by atoms with E-state index in [9.17, 15) is 0 Å². The fraction of sp³-hybridized carbons (Fsp3) is 0.529. The van der Waals surface area contributed by atoms with E-state index in [1.54, 1.807) is 0 Å². The lowest BCUT2D eigenvalue weighted by Gasteiger charge is -2.33. The highest BCUT2D eigenvalue weighted by Gasteiger charge is 2.29. The van der Waals surface area contributed by atoms with Crippen molar-refractivity contribution in [1.82, 2.24) is 19.9 Å². The van der Waals surface area contributed by atoms with E-state index in [4.69, 9.17) is 16.1 Å². The maximum absolute atomic E-state index is 5.94. The number of halogens is 1. The van der Waals surface area contributed by atoms with E-state index in [1.165, 1.54) is 18.4 Å². The standard InChI is InChI=1S/C17H21ClN4O/c18-15-5-1-13(2-6-15)11-21-7-9-22(10-8-21)12-16-19-17(20-23-16)14-3-4-14/h1-2,5-6,14H,3-4,7-12H2. The first kappa shape index (κ1) is 15.1. The molecule has 0 unspecified atom stereocenters. The van der Waals surface area contributed by atoms with Gasteiger partial charge in [-0.25, -0.2) is 0 Å². The zero-order valence-corrected chi connectivity index (χ0v) is 13.9. The summed E-state index contributed by atoms with van der Waals surface area (Å²) in [5.74, 6) is 2.23. The highest BCUT2D eigenvalue weighted by molar-refractivity contribution is 6.30. The topological polar surface area (TPSA) is 45.4 Å². The minimum absolute atomic E-state index is 0.559. The highest BCUT2D eigenvalue weighted by atomic mass is 35.5. The molecule has 2 aliphatic rings. The molecule has 122 valence electrons. The summed E-state index contributed by atoms with van der Waals surface area (Å²) < 4.78 is 5.37. The molecule has 1 aromatic carbocycles. The molecule has 0 N–H and O–H groups in total. The predicted octanol–water partition coefficient (Wildman–Crippen LogP) is 2.92. The van der Waals surface area contributed by atoms with Crippen LogP contribution in [-0.2, 0) is 13.1 Å². The molecule has 0 spiro atoms. The van der Waals surface area contributed by atoms with Crippen molar-refractivity contribution in [3.63, 3.8) is 0 Å². The molecule has 2 fully saturated rings. The van der Waals surface area contributed by atoms with Crippen LogP contribution in [0.25, 0.3) is 0 Å². The molecule has 1 aliphatic carbocycles. The van der Waals surface area contributed by atoms with Crippen molar-refractivity contribution in [3.8, 4) is 0 Å². The Morgan fingerprint density at radius 2 is 1.65 bits per heavy atom. The largest absolute Gasteiger partial charge is 0.338 e. The van der Waals surface area contributed by atoms with Crippen LogP contribution in [0.2, 0.25) is 5.02 Å². The Bertz CT molecular complexity index is 645. The van der Waals surface area contributed by atoms with Crippen molar-refractivity contribution >= 4 is 11.6 Å². The zero-order valence-electron chi connectivity index (χ0n) is 13.1. The Morgan fingerprint density at radius 3 is 2.30 bits per heavy atom. The Kier molecular flexibility index (Phi) is 4.33.